The van der Waals surface area contributed by atoms with Gasteiger partial charge in [0.05, 0.1) is 17.6 Å². The van der Waals surface area contributed by atoms with E-state index in [1.165, 1.54) is 0 Å². The van der Waals surface area contributed by atoms with Crippen LogP contribution in [0.1, 0.15) is 46.7 Å². The van der Waals surface area contributed by atoms with E-state index < -0.39 is 4.92 Å². The van der Waals surface area contributed by atoms with Crippen molar-refractivity contribution in [3.05, 3.63) is 86.7 Å². The van der Waals surface area contributed by atoms with Crippen LogP contribution < -0.4 is 10.1 Å². The van der Waals surface area contributed by atoms with Crippen LogP contribution in [0.25, 0.3) is 0 Å². The summed E-state index contributed by atoms with van der Waals surface area (Å²) in [5.41, 5.74) is 3.36. The lowest BCUT2D eigenvalue weighted by Crippen LogP contribution is -2.22. The number of amides is 1. The first-order valence-corrected chi connectivity index (χ1v) is 10.1. The number of hydrogen-bond acceptors (Lipinski definition) is 5. The Hall–Kier alpha value is -3.68. The van der Waals surface area contributed by atoms with Gasteiger partial charge in [-0.3, -0.25) is 19.6 Å². The maximum Gasteiger partial charge on any atom is 0.312 e. The number of nitrogens with one attached hydrogen (secondary N) is 1. The fourth-order valence-electron chi connectivity index (χ4n) is 3.28. The van der Waals surface area contributed by atoms with Gasteiger partial charge in [0.25, 0.3) is 5.91 Å². The average molecular weight is 422 g/mol. The molecule has 8 nitrogen and oxygen atoms in total. The minimum absolute atomic E-state index is 0.0415. The Kier molecular flexibility index (Phi) is 6.69. The number of carbonyl (C=O) groups is 1. The van der Waals surface area contributed by atoms with Gasteiger partial charge < -0.3 is 10.1 Å². The van der Waals surface area contributed by atoms with Crippen LogP contribution in [-0.4, -0.2) is 26.7 Å². The number of rotatable bonds is 8. The molecule has 0 spiro atoms. The van der Waals surface area contributed by atoms with E-state index in [9.17, 15) is 14.9 Å². The third-order valence-corrected chi connectivity index (χ3v) is 4.82. The van der Waals surface area contributed by atoms with E-state index in [-0.39, 0.29) is 17.7 Å². The second-order valence-electron chi connectivity index (χ2n) is 7.62. The number of aryl methyl sites for hydroxylation is 1. The highest BCUT2D eigenvalue weighted by molar-refractivity contribution is 5.94. The van der Waals surface area contributed by atoms with Gasteiger partial charge in [-0.2, -0.15) is 5.10 Å². The molecule has 3 aromatic rings. The van der Waals surface area contributed by atoms with Gasteiger partial charge in [-0.15, -0.1) is 0 Å². The Morgan fingerprint density at radius 3 is 2.26 bits per heavy atom. The Balaban J connectivity index is 1.59. The van der Waals surface area contributed by atoms with Crippen LogP contribution in [0.3, 0.4) is 0 Å². The zero-order valence-corrected chi connectivity index (χ0v) is 18.1. The topological polar surface area (TPSA) is 99.3 Å². The molecular weight excluding hydrogens is 396 g/mol. The molecule has 0 saturated heterocycles. The van der Waals surface area contributed by atoms with Crippen LogP contribution in [0, 0.1) is 24.0 Å². The lowest BCUT2D eigenvalue weighted by molar-refractivity contribution is -0.386. The zero-order chi connectivity index (χ0) is 22.5. The number of hydrogen-bond donors (Lipinski definition) is 1. The second-order valence-corrected chi connectivity index (χ2v) is 7.62. The first-order chi connectivity index (χ1) is 14.7. The molecule has 0 atom stereocenters. The molecule has 0 bridgehead atoms. The van der Waals surface area contributed by atoms with Gasteiger partial charge >= 0.3 is 5.69 Å². The molecule has 1 N–H and O–H groups in total. The van der Waals surface area contributed by atoms with Crippen molar-refractivity contribution in [2.45, 2.75) is 46.9 Å². The monoisotopic (exact) mass is 422 g/mol. The molecule has 3 rings (SSSR count). The lowest BCUT2D eigenvalue weighted by atomic mass is 10.1. The third-order valence-electron chi connectivity index (χ3n) is 4.82. The first-order valence-electron chi connectivity index (χ1n) is 10.1. The van der Waals surface area contributed by atoms with Crippen molar-refractivity contribution in [3.63, 3.8) is 0 Å². The van der Waals surface area contributed by atoms with Gasteiger partial charge in [-0.1, -0.05) is 24.3 Å². The maximum absolute atomic E-state index is 12.4. The number of aromatic nitrogens is 2. The van der Waals surface area contributed by atoms with Crippen LogP contribution >= 0.6 is 0 Å². The zero-order valence-electron chi connectivity index (χ0n) is 18.1. The maximum atomic E-state index is 12.4. The van der Waals surface area contributed by atoms with Crippen molar-refractivity contribution in [1.82, 2.24) is 15.1 Å². The van der Waals surface area contributed by atoms with Crippen molar-refractivity contribution in [2.75, 3.05) is 0 Å². The van der Waals surface area contributed by atoms with Crippen molar-refractivity contribution < 1.29 is 14.5 Å². The summed E-state index contributed by atoms with van der Waals surface area (Å²) in [7, 11) is 0. The fraction of sp³-hybridized carbons (Fsp3) is 0.304. The third kappa shape index (κ3) is 5.48. The van der Waals surface area contributed by atoms with E-state index in [1.54, 1.807) is 30.7 Å². The van der Waals surface area contributed by atoms with E-state index in [1.807, 2.05) is 50.2 Å². The second kappa shape index (κ2) is 9.42. The molecule has 0 fully saturated rings. The van der Waals surface area contributed by atoms with E-state index in [2.05, 4.69) is 10.4 Å². The quantitative estimate of drug-likeness (QED) is 0.434. The Bertz CT molecular complexity index is 1070. The Morgan fingerprint density at radius 2 is 1.71 bits per heavy atom. The van der Waals surface area contributed by atoms with Crippen LogP contribution in [0.4, 0.5) is 5.69 Å². The predicted molar refractivity (Wildman–Crippen MR) is 117 cm³/mol. The fourth-order valence-corrected chi connectivity index (χ4v) is 3.28. The molecule has 31 heavy (non-hydrogen) atoms. The number of ether oxygens (including phenoxy) is 1. The molecule has 0 aliphatic heterocycles. The van der Waals surface area contributed by atoms with Crippen LogP contribution in [0.5, 0.6) is 5.75 Å². The summed E-state index contributed by atoms with van der Waals surface area (Å²) in [5.74, 6) is 0.629. The van der Waals surface area contributed by atoms with Gasteiger partial charge in [-0.05, 0) is 63.1 Å². The smallest absolute Gasteiger partial charge is 0.312 e. The molecule has 0 aliphatic rings. The summed E-state index contributed by atoms with van der Waals surface area (Å²) in [5, 5.41) is 18.3. The van der Waals surface area contributed by atoms with Gasteiger partial charge in [0.1, 0.15) is 17.1 Å². The van der Waals surface area contributed by atoms with Crippen LogP contribution in [-0.2, 0) is 13.1 Å². The normalized spacial score (nSPS) is 10.9. The molecule has 1 heterocycles. The van der Waals surface area contributed by atoms with Crippen LogP contribution in [0.2, 0.25) is 0 Å². The number of carbonyl (C=O) groups excluding carboxylic acids is 1. The molecule has 2 aromatic carbocycles. The molecule has 0 aliphatic carbocycles. The summed E-state index contributed by atoms with van der Waals surface area (Å²) >= 11 is 0. The molecule has 1 aromatic heterocycles. The minimum atomic E-state index is -0.410. The summed E-state index contributed by atoms with van der Waals surface area (Å²) in [6.07, 6.45) is 0.116. The van der Waals surface area contributed by atoms with E-state index in [0.29, 0.717) is 30.0 Å². The summed E-state index contributed by atoms with van der Waals surface area (Å²) in [4.78, 5) is 23.2. The minimum Gasteiger partial charge on any atom is -0.491 e. The van der Waals surface area contributed by atoms with Gasteiger partial charge in [0.15, 0.2) is 0 Å². The lowest BCUT2D eigenvalue weighted by Gasteiger charge is -2.11. The Labute approximate surface area is 181 Å². The molecule has 0 saturated carbocycles. The van der Waals surface area contributed by atoms with Crippen molar-refractivity contribution in [3.8, 4) is 5.75 Å². The molecule has 0 radical (unpaired) electrons. The molecule has 0 unspecified atom stereocenters. The summed E-state index contributed by atoms with van der Waals surface area (Å²) in [6, 6.07) is 14.8. The highest BCUT2D eigenvalue weighted by Gasteiger charge is 2.21. The highest BCUT2D eigenvalue weighted by atomic mass is 16.6. The predicted octanol–water partition coefficient (Wildman–Crippen LogP) is 4.17. The van der Waals surface area contributed by atoms with Crippen molar-refractivity contribution >= 4 is 11.6 Å². The van der Waals surface area contributed by atoms with E-state index >= 15 is 0 Å². The number of nitro groups is 1. The molecule has 1 amide bonds. The van der Waals surface area contributed by atoms with Gasteiger partial charge in [-0.25, -0.2) is 0 Å². The molecule has 8 heteroatoms. The average Bonchev–Trinajstić information content (AvgIpc) is 3.00. The summed E-state index contributed by atoms with van der Waals surface area (Å²) < 4.78 is 7.22. The molecular formula is C23H26N4O4. The standard InChI is InChI=1S/C23H26N4O4/c1-15(2)31-21-11-7-18(8-12-21)13-24-23(28)20-9-5-19(6-10-20)14-26-17(4)22(27(29)30)16(3)25-26/h5-12,15H,13-14H2,1-4H3,(H,24,28). The van der Waals surface area contributed by atoms with E-state index in [4.69, 9.17) is 4.74 Å². The van der Waals surface area contributed by atoms with Gasteiger partial charge in [0, 0.05) is 12.1 Å². The Morgan fingerprint density at radius 1 is 1.10 bits per heavy atom. The summed E-state index contributed by atoms with van der Waals surface area (Å²) in [6.45, 7) is 8.06. The van der Waals surface area contributed by atoms with E-state index in [0.717, 1.165) is 16.9 Å². The largest absolute Gasteiger partial charge is 0.491 e. The number of benzene rings is 2. The van der Waals surface area contributed by atoms with Crippen molar-refractivity contribution in [1.29, 1.82) is 0 Å². The highest BCUT2D eigenvalue weighted by Crippen LogP contribution is 2.22. The van der Waals surface area contributed by atoms with Gasteiger partial charge in [0.2, 0.25) is 0 Å². The van der Waals surface area contributed by atoms with Crippen molar-refractivity contribution in [2.24, 2.45) is 0 Å². The number of nitrogens with zero attached hydrogens (tertiary/aromatic N) is 3. The SMILES string of the molecule is Cc1nn(Cc2ccc(C(=O)NCc3ccc(OC(C)C)cc3)cc2)c(C)c1[N+](=O)[O-]. The van der Waals surface area contributed by atoms with Crippen LogP contribution in [0.15, 0.2) is 48.5 Å². The first kappa shape index (κ1) is 22.0. The molecule has 162 valence electrons.